The van der Waals surface area contributed by atoms with E-state index in [1.165, 1.54) is 12.1 Å². The van der Waals surface area contributed by atoms with Crippen LogP contribution in [-0.2, 0) is 19.1 Å². The Bertz CT molecular complexity index is 1030. The largest absolute Gasteiger partial charge is 0.478 e. The lowest BCUT2D eigenvalue weighted by molar-refractivity contribution is -0.137. The lowest BCUT2D eigenvalue weighted by Crippen LogP contribution is -2.31. The minimum atomic E-state index is -4.27. The summed E-state index contributed by atoms with van der Waals surface area (Å²) in [6.07, 6.45) is -1.73. The molecule has 0 unspecified atom stereocenters. The molecule has 0 spiro atoms. The van der Waals surface area contributed by atoms with Crippen LogP contribution < -0.4 is 4.74 Å². The molecule has 6 heteroatoms. The summed E-state index contributed by atoms with van der Waals surface area (Å²) in [6.45, 7) is 5.05. The predicted molar refractivity (Wildman–Crippen MR) is 112 cm³/mol. The van der Waals surface area contributed by atoms with Crippen molar-refractivity contribution in [1.29, 1.82) is 0 Å². The summed E-state index contributed by atoms with van der Waals surface area (Å²) in [7, 11) is 0. The van der Waals surface area contributed by atoms with Crippen LogP contribution in [0.5, 0.6) is 5.88 Å². The normalized spacial score (nSPS) is 14.7. The molecule has 1 aliphatic heterocycles. The van der Waals surface area contributed by atoms with E-state index in [1.54, 1.807) is 6.07 Å². The average molecular weight is 414 g/mol. The molecule has 1 aromatic heterocycles. The summed E-state index contributed by atoms with van der Waals surface area (Å²) in [5.41, 5.74) is 3.37. The van der Waals surface area contributed by atoms with Crippen molar-refractivity contribution in [2.75, 3.05) is 19.7 Å². The molecular weight excluding hydrogens is 389 g/mol. The Morgan fingerprint density at radius 3 is 2.73 bits per heavy atom. The topological polar surface area (TPSA) is 25.4 Å². The molecule has 0 fully saturated rings. The van der Waals surface area contributed by atoms with E-state index in [0.717, 1.165) is 53.5 Å². The van der Waals surface area contributed by atoms with E-state index in [4.69, 9.17) is 4.74 Å². The summed E-state index contributed by atoms with van der Waals surface area (Å²) in [5, 5.41) is 1.11. The molecule has 30 heavy (non-hydrogen) atoms. The van der Waals surface area contributed by atoms with E-state index in [1.807, 2.05) is 37.3 Å². The van der Waals surface area contributed by atoms with Crippen LogP contribution in [-0.4, -0.2) is 29.6 Å². The number of halogens is 3. The van der Waals surface area contributed by atoms with Crippen LogP contribution in [0.4, 0.5) is 13.2 Å². The number of alkyl halides is 3. The summed E-state index contributed by atoms with van der Waals surface area (Å²) in [4.78, 5) is 6.90. The smallest absolute Gasteiger partial charge is 0.416 e. The third kappa shape index (κ3) is 4.75. The van der Waals surface area contributed by atoms with Crippen LogP contribution in [0.1, 0.15) is 35.1 Å². The minimum absolute atomic E-state index is 0.552. The highest BCUT2D eigenvalue weighted by molar-refractivity contribution is 5.82. The Balaban J connectivity index is 1.23. The van der Waals surface area contributed by atoms with E-state index < -0.39 is 11.7 Å². The second-order valence-electron chi connectivity index (χ2n) is 7.86. The molecule has 0 amide bonds. The van der Waals surface area contributed by atoms with Crippen molar-refractivity contribution in [3.8, 4) is 5.88 Å². The molecule has 0 radical (unpaired) electrons. The van der Waals surface area contributed by atoms with Gasteiger partial charge in [-0.3, -0.25) is 4.90 Å². The average Bonchev–Trinajstić information content (AvgIpc) is 2.73. The van der Waals surface area contributed by atoms with E-state index >= 15 is 0 Å². The van der Waals surface area contributed by atoms with Gasteiger partial charge >= 0.3 is 6.18 Å². The summed E-state index contributed by atoms with van der Waals surface area (Å²) >= 11 is 0. The number of nitrogens with zero attached hydrogens (tertiary/aromatic N) is 2. The fourth-order valence-electron chi connectivity index (χ4n) is 3.95. The number of benzene rings is 2. The maximum Gasteiger partial charge on any atom is 0.416 e. The van der Waals surface area contributed by atoms with Gasteiger partial charge in [0.15, 0.2) is 0 Å². The third-order valence-electron chi connectivity index (χ3n) is 5.64. The van der Waals surface area contributed by atoms with Crippen LogP contribution in [0.3, 0.4) is 0 Å². The number of hydrogen-bond acceptors (Lipinski definition) is 3. The molecule has 0 aliphatic carbocycles. The van der Waals surface area contributed by atoms with Crippen molar-refractivity contribution >= 4 is 10.9 Å². The third-order valence-corrected chi connectivity index (χ3v) is 5.64. The molecule has 0 saturated heterocycles. The first-order chi connectivity index (χ1) is 14.4. The summed E-state index contributed by atoms with van der Waals surface area (Å²) < 4.78 is 44.4. The molecule has 0 atom stereocenters. The number of hydrogen-bond donors (Lipinski definition) is 0. The molecular formula is C24H25F3N2O. The second kappa shape index (κ2) is 8.64. The maximum absolute atomic E-state index is 12.9. The van der Waals surface area contributed by atoms with Gasteiger partial charge < -0.3 is 4.74 Å². The maximum atomic E-state index is 12.9. The first-order valence-electron chi connectivity index (χ1n) is 10.3. The Kier molecular flexibility index (Phi) is 5.95. The Morgan fingerprint density at radius 2 is 1.90 bits per heavy atom. The fraction of sp³-hybridized carbons (Fsp3) is 0.375. The standard InChI is InChI=1S/C24H25F3N2O/c1-17-5-4-6-18-8-10-22(28-23(17)18)30-14-3-2-12-29-13-11-19-15-21(24(25,26)27)9-7-20(19)16-29/h4-10,15H,2-3,11-14,16H2,1H3. The van der Waals surface area contributed by atoms with Crippen LogP contribution in [0.15, 0.2) is 48.5 Å². The number of fused-ring (bicyclic) bond motifs is 2. The van der Waals surface area contributed by atoms with Crippen molar-refractivity contribution in [1.82, 2.24) is 9.88 Å². The van der Waals surface area contributed by atoms with Gasteiger partial charge in [-0.15, -0.1) is 0 Å². The monoisotopic (exact) mass is 414 g/mol. The van der Waals surface area contributed by atoms with E-state index in [9.17, 15) is 13.2 Å². The molecule has 0 saturated carbocycles. The van der Waals surface area contributed by atoms with Crippen LogP contribution in [0.25, 0.3) is 10.9 Å². The van der Waals surface area contributed by atoms with Crippen molar-refractivity contribution in [3.05, 3.63) is 70.8 Å². The SMILES string of the molecule is Cc1cccc2ccc(OCCCCN3CCc4cc(C(F)(F)F)ccc4C3)nc12. The number of unbranched alkanes of at least 4 members (excludes halogenated alkanes) is 1. The Morgan fingerprint density at radius 1 is 1.03 bits per heavy atom. The van der Waals surface area contributed by atoms with Gasteiger partial charge in [-0.05, 0) is 67.6 Å². The number of pyridine rings is 1. The molecule has 0 N–H and O–H groups in total. The molecule has 3 aromatic rings. The summed E-state index contributed by atoms with van der Waals surface area (Å²) in [5.74, 6) is 0.643. The van der Waals surface area contributed by atoms with Crippen LogP contribution in [0.2, 0.25) is 0 Å². The fourth-order valence-corrected chi connectivity index (χ4v) is 3.95. The highest BCUT2D eigenvalue weighted by atomic mass is 19.4. The second-order valence-corrected chi connectivity index (χ2v) is 7.86. The van der Waals surface area contributed by atoms with E-state index in [-0.39, 0.29) is 0 Å². The number of aryl methyl sites for hydroxylation is 1. The van der Waals surface area contributed by atoms with Crippen molar-refractivity contribution in [2.24, 2.45) is 0 Å². The van der Waals surface area contributed by atoms with Crippen molar-refractivity contribution in [3.63, 3.8) is 0 Å². The molecule has 2 heterocycles. The highest BCUT2D eigenvalue weighted by Crippen LogP contribution is 2.32. The highest BCUT2D eigenvalue weighted by Gasteiger charge is 2.31. The molecule has 3 nitrogen and oxygen atoms in total. The van der Waals surface area contributed by atoms with Crippen molar-refractivity contribution < 1.29 is 17.9 Å². The predicted octanol–water partition coefficient (Wildman–Crippen LogP) is 5.78. The van der Waals surface area contributed by atoms with Gasteiger partial charge in [0.05, 0.1) is 17.7 Å². The van der Waals surface area contributed by atoms with E-state index in [0.29, 0.717) is 25.5 Å². The molecule has 2 aromatic carbocycles. The van der Waals surface area contributed by atoms with Gasteiger partial charge in [-0.25, -0.2) is 4.98 Å². The Hall–Kier alpha value is -2.60. The van der Waals surface area contributed by atoms with Crippen LogP contribution in [0, 0.1) is 6.92 Å². The minimum Gasteiger partial charge on any atom is -0.478 e. The molecule has 0 bridgehead atoms. The number of para-hydroxylation sites is 1. The summed E-state index contributed by atoms with van der Waals surface area (Å²) in [6, 6.07) is 14.2. The van der Waals surface area contributed by atoms with Gasteiger partial charge in [-0.2, -0.15) is 13.2 Å². The Labute approximate surface area is 174 Å². The van der Waals surface area contributed by atoms with Gasteiger partial charge in [-0.1, -0.05) is 24.3 Å². The zero-order valence-electron chi connectivity index (χ0n) is 17.0. The van der Waals surface area contributed by atoms with Gasteiger partial charge in [0.1, 0.15) is 0 Å². The first kappa shape index (κ1) is 20.7. The zero-order chi connectivity index (χ0) is 21.1. The number of ether oxygens (including phenoxy) is 1. The lowest BCUT2D eigenvalue weighted by atomic mass is 9.97. The number of aromatic nitrogens is 1. The van der Waals surface area contributed by atoms with Crippen LogP contribution >= 0.6 is 0 Å². The van der Waals surface area contributed by atoms with Crippen molar-refractivity contribution in [2.45, 2.75) is 38.9 Å². The molecule has 1 aliphatic rings. The van der Waals surface area contributed by atoms with Gasteiger partial charge in [0.2, 0.25) is 5.88 Å². The quantitative estimate of drug-likeness (QED) is 0.478. The molecule has 158 valence electrons. The lowest BCUT2D eigenvalue weighted by Gasteiger charge is -2.29. The van der Waals surface area contributed by atoms with Gasteiger partial charge in [0, 0.05) is 24.5 Å². The molecule has 4 rings (SSSR count). The first-order valence-corrected chi connectivity index (χ1v) is 10.3. The zero-order valence-corrected chi connectivity index (χ0v) is 17.0. The number of rotatable bonds is 6. The van der Waals surface area contributed by atoms with Gasteiger partial charge in [0.25, 0.3) is 0 Å². The van der Waals surface area contributed by atoms with E-state index in [2.05, 4.69) is 9.88 Å².